The summed E-state index contributed by atoms with van der Waals surface area (Å²) in [6.45, 7) is 7.34. The van der Waals surface area contributed by atoms with Crippen LogP contribution in [-0.4, -0.2) is 34.1 Å². The van der Waals surface area contributed by atoms with E-state index in [1.54, 1.807) is 0 Å². The van der Waals surface area contributed by atoms with Gasteiger partial charge in [0.2, 0.25) is 0 Å². The Kier molecular flexibility index (Phi) is 6.38. The molecule has 4 atom stereocenters. The summed E-state index contributed by atoms with van der Waals surface area (Å²) in [6.07, 6.45) is 0.408. The molecule has 0 bridgehead atoms. The highest BCUT2D eigenvalue weighted by Crippen LogP contribution is 2.37. The van der Waals surface area contributed by atoms with Crippen molar-refractivity contribution in [2.45, 2.75) is 49.0 Å². The number of nitrogens with one attached hydrogen (secondary N) is 1. The molecule has 1 aliphatic heterocycles. The number of hydrogen-bond acceptors (Lipinski definition) is 3. The van der Waals surface area contributed by atoms with Gasteiger partial charge in [-0.1, -0.05) is 26.8 Å². The molecular formula is C16H23F2NS2. The summed E-state index contributed by atoms with van der Waals surface area (Å²) in [6, 6.07) is 4.21. The van der Waals surface area contributed by atoms with Crippen LogP contribution in [0.25, 0.3) is 0 Å². The monoisotopic (exact) mass is 331 g/mol. The molecule has 0 amide bonds. The first-order valence-corrected chi connectivity index (χ1v) is 9.45. The number of benzene rings is 1. The summed E-state index contributed by atoms with van der Waals surface area (Å²) in [5.74, 6) is 0.157. The van der Waals surface area contributed by atoms with Crippen LogP contribution in [0.15, 0.2) is 18.2 Å². The normalized spacial score (nSPS) is 27.6. The fourth-order valence-corrected chi connectivity index (χ4v) is 5.69. The van der Waals surface area contributed by atoms with Crippen molar-refractivity contribution in [2.75, 3.05) is 12.3 Å². The quantitative estimate of drug-likeness (QED) is 0.872. The molecule has 0 saturated carbocycles. The van der Waals surface area contributed by atoms with Gasteiger partial charge in [-0.05, 0) is 25.1 Å². The average Bonchev–Trinajstić information content (AvgIpc) is 2.45. The second kappa shape index (κ2) is 7.84. The molecule has 1 nitrogen and oxygen atoms in total. The summed E-state index contributed by atoms with van der Waals surface area (Å²) < 4.78 is 27.8. The number of hydrogen-bond donors (Lipinski definition) is 1. The van der Waals surface area contributed by atoms with E-state index in [1.807, 2.05) is 30.4 Å². The Hall–Kier alpha value is -0.260. The van der Waals surface area contributed by atoms with Crippen LogP contribution in [0.5, 0.6) is 0 Å². The third kappa shape index (κ3) is 4.36. The van der Waals surface area contributed by atoms with Crippen LogP contribution in [-0.2, 0) is 6.42 Å². The first kappa shape index (κ1) is 17.1. The molecule has 0 aliphatic carbocycles. The zero-order valence-electron chi connectivity index (χ0n) is 12.7. The van der Waals surface area contributed by atoms with Crippen molar-refractivity contribution in [1.29, 1.82) is 0 Å². The molecular weight excluding hydrogens is 308 g/mol. The predicted octanol–water partition coefficient (Wildman–Crippen LogP) is 4.11. The van der Waals surface area contributed by atoms with Gasteiger partial charge in [-0.3, -0.25) is 0 Å². The maximum atomic E-state index is 13.9. The summed E-state index contributed by atoms with van der Waals surface area (Å²) >= 11 is 3.90. The lowest BCUT2D eigenvalue weighted by Gasteiger charge is -2.36. The van der Waals surface area contributed by atoms with Crippen molar-refractivity contribution < 1.29 is 8.78 Å². The maximum absolute atomic E-state index is 13.9. The molecule has 0 spiro atoms. The van der Waals surface area contributed by atoms with Gasteiger partial charge >= 0.3 is 0 Å². The summed E-state index contributed by atoms with van der Waals surface area (Å²) in [5, 5.41) is 5.02. The molecule has 118 valence electrons. The molecule has 1 aromatic rings. The number of likely N-dealkylation sites (N-methyl/N-ethyl adjacent to an activating group) is 1. The maximum Gasteiger partial charge on any atom is 0.129 e. The number of rotatable bonds is 5. The minimum absolute atomic E-state index is 0.105. The number of halogens is 2. The van der Waals surface area contributed by atoms with E-state index < -0.39 is 11.6 Å². The molecule has 1 saturated heterocycles. The first-order chi connectivity index (χ1) is 10.0. The smallest absolute Gasteiger partial charge is 0.129 e. The molecule has 1 N–H and O–H groups in total. The fourth-order valence-electron chi connectivity index (χ4n) is 2.56. The third-order valence-corrected chi connectivity index (χ3v) is 7.53. The lowest BCUT2D eigenvalue weighted by molar-refractivity contribution is 0.484. The largest absolute Gasteiger partial charge is 0.313 e. The Morgan fingerprint density at radius 2 is 1.90 bits per heavy atom. The Morgan fingerprint density at radius 1 is 1.24 bits per heavy atom. The van der Waals surface area contributed by atoms with Crippen LogP contribution in [0.1, 0.15) is 26.3 Å². The summed E-state index contributed by atoms with van der Waals surface area (Å²) in [4.78, 5) is 0. The van der Waals surface area contributed by atoms with Gasteiger partial charge in [0.05, 0.1) is 0 Å². The van der Waals surface area contributed by atoms with Crippen molar-refractivity contribution in [3.8, 4) is 0 Å². The highest BCUT2D eigenvalue weighted by molar-refractivity contribution is 8.07. The van der Waals surface area contributed by atoms with E-state index in [4.69, 9.17) is 0 Å². The van der Waals surface area contributed by atoms with Gasteiger partial charge in [0, 0.05) is 33.1 Å². The van der Waals surface area contributed by atoms with Gasteiger partial charge in [-0.2, -0.15) is 23.5 Å². The van der Waals surface area contributed by atoms with Gasteiger partial charge in [-0.25, -0.2) is 8.78 Å². The standard InChI is InChI=1S/C16H23F2NS2/c1-4-19-15(16-9-20-10(2)11(3)21-16)8-12-13(17)6-5-7-14(12)18/h5-7,10-11,15-16,19H,4,8-9H2,1-3H3. The van der Waals surface area contributed by atoms with E-state index in [9.17, 15) is 8.78 Å². The Bertz CT molecular complexity index is 449. The summed E-state index contributed by atoms with van der Waals surface area (Å²) in [7, 11) is 0. The lowest BCUT2D eigenvalue weighted by Crippen LogP contribution is -2.45. The molecule has 0 aromatic heterocycles. The van der Waals surface area contributed by atoms with Crippen LogP contribution >= 0.6 is 23.5 Å². The minimum Gasteiger partial charge on any atom is -0.313 e. The molecule has 5 heteroatoms. The zero-order chi connectivity index (χ0) is 15.4. The Morgan fingerprint density at radius 3 is 2.48 bits per heavy atom. The lowest BCUT2D eigenvalue weighted by atomic mass is 10.0. The molecule has 1 fully saturated rings. The van der Waals surface area contributed by atoms with Crippen molar-refractivity contribution >= 4 is 23.5 Å². The summed E-state index contributed by atoms with van der Waals surface area (Å²) in [5.41, 5.74) is 0.209. The topological polar surface area (TPSA) is 12.0 Å². The zero-order valence-corrected chi connectivity index (χ0v) is 14.4. The van der Waals surface area contributed by atoms with Crippen LogP contribution < -0.4 is 5.32 Å². The van der Waals surface area contributed by atoms with Crippen molar-refractivity contribution in [3.05, 3.63) is 35.4 Å². The Balaban J connectivity index is 2.12. The molecule has 1 aromatic carbocycles. The third-order valence-electron chi connectivity index (χ3n) is 3.97. The van der Waals surface area contributed by atoms with Gasteiger partial charge in [0.25, 0.3) is 0 Å². The van der Waals surface area contributed by atoms with Crippen LogP contribution in [0.3, 0.4) is 0 Å². The highest BCUT2D eigenvalue weighted by atomic mass is 32.2. The van der Waals surface area contributed by atoms with E-state index in [2.05, 4.69) is 19.2 Å². The molecule has 21 heavy (non-hydrogen) atoms. The molecule has 1 aliphatic rings. The van der Waals surface area contributed by atoms with Crippen LogP contribution in [0.4, 0.5) is 8.78 Å². The highest BCUT2D eigenvalue weighted by Gasteiger charge is 2.31. The molecule has 0 radical (unpaired) electrons. The average molecular weight is 331 g/mol. The van der Waals surface area contributed by atoms with Crippen LogP contribution in [0.2, 0.25) is 0 Å². The van der Waals surface area contributed by atoms with Crippen molar-refractivity contribution in [2.24, 2.45) is 0 Å². The van der Waals surface area contributed by atoms with E-state index in [1.165, 1.54) is 18.2 Å². The Labute approximate surface area is 134 Å². The SMILES string of the molecule is CCNC(Cc1c(F)cccc1F)C1CSC(C)C(C)S1. The first-order valence-electron chi connectivity index (χ1n) is 7.46. The van der Waals surface area contributed by atoms with Gasteiger partial charge < -0.3 is 5.32 Å². The minimum atomic E-state index is -0.437. The van der Waals surface area contributed by atoms with Crippen molar-refractivity contribution in [3.63, 3.8) is 0 Å². The van der Waals surface area contributed by atoms with E-state index in [0.29, 0.717) is 22.2 Å². The molecule has 4 unspecified atom stereocenters. The second-order valence-electron chi connectivity index (χ2n) is 5.49. The van der Waals surface area contributed by atoms with Crippen LogP contribution in [0, 0.1) is 11.6 Å². The van der Waals surface area contributed by atoms with E-state index in [0.717, 1.165) is 12.3 Å². The molecule has 2 rings (SSSR count). The predicted molar refractivity (Wildman–Crippen MR) is 90.3 cm³/mol. The van der Waals surface area contributed by atoms with Gasteiger partial charge in [-0.15, -0.1) is 0 Å². The van der Waals surface area contributed by atoms with Crippen molar-refractivity contribution in [1.82, 2.24) is 5.32 Å². The fraction of sp³-hybridized carbons (Fsp3) is 0.625. The molecule has 1 heterocycles. The number of thioether (sulfide) groups is 2. The van der Waals surface area contributed by atoms with Gasteiger partial charge in [0.15, 0.2) is 0 Å². The second-order valence-corrected chi connectivity index (χ2v) is 8.52. The van der Waals surface area contributed by atoms with E-state index >= 15 is 0 Å². The van der Waals surface area contributed by atoms with E-state index in [-0.39, 0.29) is 11.6 Å². The van der Waals surface area contributed by atoms with Gasteiger partial charge in [0.1, 0.15) is 11.6 Å².